The van der Waals surface area contributed by atoms with Crippen LogP contribution in [0.4, 0.5) is 0 Å². The second kappa shape index (κ2) is 6.03. The number of amides is 1. The number of fused-ring (bicyclic) bond motifs is 1. The zero-order valence-electron chi connectivity index (χ0n) is 12.4. The van der Waals surface area contributed by atoms with Gasteiger partial charge in [-0.05, 0) is 7.05 Å². The van der Waals surface area contributed by atoms with Crippen LogP contribution < -0.4 is 5.56 Å². The molecule has 2 fully saturated rings. The Morgan fingerprint density at radius 3 is 2.90 bits per heavy atom. The van der Waals surface area contributed by atoms with E-state index in [1.54, 1.807) is 0 Å². The lowest BCUT2D eigenvalue weighted by Gasteiger charge is -2.46. The molecule has 3 heterocycles. The maximum Gasteiger partial charge on any atom is 0.280 e. The van der Waals surface area contributed by atoms with Crippen molar-refractivity contribution in [1.29, 1.82) is 0 Å². The lowest BCUT2D eigenvalue weighted by Crippen LogP contribution is -2.62. The van der Waals surface area contributed by atoms with E-state index in [2.05, 4.69) is 22.0 Å². The van der Waals surface area contributed by atoms with Gasteiger partial charge in [-0.2, -0.15) is 5.16 Å². The van der Waals surface area contributed by atoms with Gasteiger partial charge in [-0.1, -0.05) is 0 Å². The van der Waals surface area contributed by atoms with E-state index in [1.807, 2.05) is 4.90 Å². The Bertz CT molecular complexity index is 552. The first-order valence-corrected chi connectivity index (χ1v) is 7.49. The van der Waals surface area contributed by atoms with Gasteiger partial charge in [0.1, 0.15) is 5.76 Å². The molecule has 0 aromatic carbocycles. The third kappa shape index (κ3) is 3.36. The highest BCUT2D eigenvalue weighted by Crippen LogP contribution is 2.16. The average Bonchev–Trinajstić information content (AvgIpc) is 2.89. The van der Waals surface area contributed by atoms with Gasteiger partial charge in [0.05, 0.1) is 0 Å². The van der Waals surface area contributed by atoms with Gasteiger partial charge in [0.15, 0.2) is 0 Å². The molecule has 3 rings (SSSR count). The molecule has 116 valence electrons. The number of nitrogens with zero attached hydrogens (tertiary/aromatic N) is 3. The Morgan fingerprint density at radius 2 is 2.14 bits per heavy atom. The third-order valence-corrected chi connectivity index (χ3v) is 4.41. The minimum atomic E-state index is -0.253. The Labute approximate surface area is 123 Å². The molecule has 1 aromatic rings. The van der Waals surface area contributed by atoms with E-state index in [0.29, 0.717) is 24.6 Å². The van der Waals surface area contributed by atoms with Crippen molar-refractivity contribution in [2.24, 2.45) is 0 Å². The molecule has 2 aliphatic rings. The Kier molecular flexibility index (Phi) is 4.12. The predicted octanol–water partition coefficient (Wildman–Crippen LogP) is -0.641. The summed E-state index contributed by atoms with van der Waals surface area (Å²) in [6.07, 6.45) is 0.867. The van der Waals surface area contributed by atoms with Crippen LogP contribution in [0.2, 0.25) is 0 Å². The molecule has 0 unspecified atom stereocenters. The highest BCUT2D eigenvalue weighted by atomic mass is 16.5. The van der Waals surface area contributed by atoms with Gasteiger partial charge in [0.25, 0.3) is 5.56 Å². The Morgan fingerprint density at radius 1 is 1.33 bits per heavy atom. The number of hydrogen-bond donors (Lipinski definition) is 1. The molecule has 7 heteroatoms. The average molecular weight is 294 g/mol. The number of nitrogens with one attached hydrogen (secondary N) is 1. The molecule has 1 N–H and O–H groups in total. The molecule has 21 heavy (non-hydrogen) atoms. The number of hydrogen-bond acceptors (Lipinski definition) is 5. The van der Waals surface area contributed by atoms with Gasteiger partial charge in [-0.3, -0.25) is 14.5 Å². The molecule has 1 amide bonds. The van der Waals surface area contributed by atoms with Crippen LogP contribution in [0.25, 0.3) is 0 Å². The van der Waals surface area contributed by atoms with Gasteiger partial charge < -0.3 is 14.3 Å². The first-order chi connectivity index (χ1) is 10.1. The van der Waals surface area contributed by atoms with E-state index in [0.717, 1.165) is 39.3 Å². The topological polar surface area (TPSA) is 72.8 Å². The molecule has 1 aromatic heterocycles. The summed E-state index contributed by atoms with van der Waals surface area (Å²) in [5.74, 6) is 0.691. The molecule has 2 saturated heterocycles. The number of aromatic nitrogens is 1. The predicted molar refractivity (Wildman–Crippen MR) is 77.1 cm³/mol. The summed E-state index contributed by atoms with van der Waals surface area (Å²) in [5.41, 5.74) is -0.253. The zero-order chi connectivity index (χ0) is 14.8. The fourth-order valence-corrected chi connectivity index (χ4v) is 3.17. The number of carbonyl (C=O) groups is 1. The summed E-state index contributed by atoms with van der Waals surface area (Å²) in [6, 6.07) is 1.85. The maximum absolute atomic E-state index is 12.3. The fraction of sp³-hybridized carbons (Fsp3) is 0.714. The van der Waals surface area contributed by atoms with Crippen LogP contribution in [-0.4, -0.2) is 78.1 Å². The molecule has 2 aliphatic heterocycles. The molecule has 7 nitrogen and oxygen atoms in total. The number of piperazine rings is 2. The quantitative estimate of drug-likeness (QED) is 0.803. The lowest BCUT2D eigenvalue weighted by atomic mass is 10.1. The van der Waals surface area contributed by atoms with Crippen LogP contribution in [0, 0.1) is 0 Å². The maximum atomic E-state index is 12.3. The largest absolute Gasteiger partial charge is 0.384 e. The summed E-state index contributed by atoms with van der Waals surface area (Å²) < 4.78 is 4.98. The van der Waals surface area contributed by atoms with Crippen LogP contribution in [0.3, 0.4) is 0 Å². The SMILES string of the molecule is CN1CCN2CCN(C(=O)CCc3cc(=O)[nH]o3)C[C@@H]2C1. The van der Waals surface area contributed by atoms with Gasteiger partial charge in [-0.25, -0.2) is 0 Å². The number of H-pyrrole nitrogens is 1. The highest BCUT2D eigenvalue weighted by molar-refractivity contribution is 5.76. The van der Waals surface area contributed by atoms with E-state index in [9.17, 15) is 9.59 Å². The number of rotatable bonds is 3. The molecule has 0 saturated carbocycles. The van der Waals surface area contributed by atoms with E-state index in [4.69, 9.17) is 4.52 Å². The minimum absolute atomic E-state index is 0.145. The van der Waals surface area contributed by atoms with Gasteiger partial charge >= 0.3 is 0 Å². The van der Waals surface area contributed by atoms with E-state index in [1.165, 1.54) is 6.07 Å². The van der Waals surface area contributed by atoms with E-state index in [-0.39, 0.29) is 11.5 Å². The fourth-order valence-electron chi connectivity index (χ4n) is 3.17. The van der Waals surface area contributed by atoms with Crippen molar-refractivity contribution in [2.45, 2.75) is 18.9 Å². The number of aryl methyl sites for hydroxylation is 1. The molecule has 0 aliphatic carbocycles. The smallest absolute Gasteiger partial charge is 0.280 e. The summed E-state index contributed by atoms with van der Waals surface area (Å²) >= 11 is 0. The van der Waals surface area contributed by atoms with E-state index < -0.39 is 0 Å². The second-order valence-corrected chi connectivity index (χ2v) is 5.97. The Hall–Kier alpha value is -1.60. The van der Waals surface area contributed by atoms with Crippen LogP contribution >= 0.6 is 0 Å². The molecular weight excluding hydrogens is 272 g/mol. The van der Waals surface area contributed by atoms with Crippen LogP contribution in [0.1, 0.15) is 12.2 Å². The number of aromatic amines is 1. The van der Waals surface area contributed by atoms with Crippen molar-refractivity contribution in [2.75, 3.05) is 46.3 Å². The summed E-state index contributed by atoms with van der Waals surface area (Å²) in [5, 5.41) is 2.25. The number of carbonyl (C=O) groups excluding carboxylic acids is 1. The first kappa shape index (κ1) is 14.3. The molecular formula is C14H22N4O3. The summed E-state index contributed by atoms with van der Waals surface area (Å²) in [6.45, 7) is 5.80. The first-order valence-electron chi connectivity index (χ1n) is 7.49. The lowest BCUT2D eigenvalue weighted by molar-refractivity contribution is -0.135. The molecule has 0 radical (unpaired) electrons. The van der Waals surface area contributed by atoms with Crippen molar-refractivity contribution in [1.82, 2.24) is 19.9 Å². The second-order valence-electron chi connectivity index (χ2n) is 5.97. The molecule has 0 bridgehead atoms. The molecule has 1 atom stereocenters. The standard InChI is InChI=1S/C14H22N4O3/c1-16-4-5-17-6-7-18(10-11(17)9-16)14(20)3-2-12-8-13(19)15-21-12/h8,11H,2-7,9-10H2,1H3,(H,15,19)/t11-/m0/s1. The normalized spacial score (nSPS) is 24.0. The monoisotopic (exact) mass is 294 g/mol. The van der Waals surface area contributed by atoms with Crippen molar-refractivity contribution in [3.63, 3.8) is 0 Å². The number of likely N-dealkylation sites (N-methyl/N-ethyl adjacent to an activating group) is 1. The Balaban J connectivity index is 1.52. The summed E-state index contributed by atoms with van der Waals surface area (Å²) in [4.78, 5) is 30.0. The van der Waals surface area contributed by atoms with Crippen molar-refractivity contribution in [3.05, 3.63) is 22.2 Å². The summed E-state index contributed by atoms with van der Waals surface area (Å²) in [7, 11) is 2.13. The van der Waals surface area contributed by atoms with Crippen molar-refractivity contribution >= 4 is 5.91 Å². The van der Waals surface area contributed by atoms with Gasteiger partial charge in [-0.15, -0.1) is 0 Å². The van der Waals surface area contributed by atoms with Gasteiger partial charge in [0, 0.05) is 64.2 Å². The van der Waals surface area contributed by atoms with Crippen LogP contribution in [-0.2, 0) is 11.2 Å². The zero-order valence-corrected chi connectivity index (χ0v) is 12.4. The molecule has 0 spiro atoms. The third-order valence-electron chi connectivity index (χ3n) is 4.41. The minimum Gasteiger partial charge on any atom is -0.384 e. The van der Waals surface area contributed by atoms with Crippen LogP contribution in [0.15, 0.2) is 15.4 Å². The van der Waals surface area contributed by atoms with Crippen molar-refractivity contribution in [3.8, 4) is 0 Å². The van der Waals surface area contributed by atoms with E-state index >= 15 is 0 Å². The highest BCUT2D eigenvalue weighted by Gasteiger charge is 2.32. The van der Waals surface area contributed by atoms with Crippen LogP contribution in [0.5, 0.6) is 0 Å². The van der Waals surface area contributed by atoms with Gasteiger partial charge in [0.2, 0.25) is 5.91 Å². The van der Waals surface area contributed by atoms with Crippen molar-refractivity contribution < 1.29 is 9.32 Å².